The van der Waals surface area contributed by atoms with Crippen molar-refractivity contribution in [3.05, 3.63) is 110 Å². The number of rotatable bonds is 1. The van der Waals surface area contributed by atoms with Crippen molar-refractivity contribution in [3.63, 3.8) is 0 Å². The molecule has 4 aromatic carbocycles. The summed E-state index contributed by atoms with van der Waals surface area (Å²) < 4.78 is 0. The summed E-state index contributed by atoms with van der Waals surface area (Å²) in [6.07, 6.45) is 6.07. The van der Waals surface area contributed by atoms with Crippen LogP contribution in [0.25, 0.3) is 33.7 Å². The van der Waals surface area contributed by atoms with Crippen molar-refractivity contribution >= 4 is 33.7 Å². The van der Waals surface area contributed by atoms with Crippen LogP contribution in [-0.4, -0.2) is 0 Å². The number of hydrogen-bond donors (Lipinski definition) is 0. The molecule has 0 heterocycles. The van der Waals surface area contributed by atoms with Crippen LogP contribution in [0.4, 0.5) is 0 Å². The molecule has 1 unspecified atom stereocenters. The fourth-order valence-corrected chi connectivity index (χ4v) is 4.00. The van der Waals surface area contributed by atoms with E-state index in [2.05, 4.69) is 97.9 Å². The summed E-state index contributed by atoms with van der Waals surface area (Å²) in [7, 11) is 0. The molecule has 0 N–H and O–H groups in total. The predicted molar refractivity (Wildman–Crippen MR) is 115 cm³/mol. The molecule has 27 heavy (non-hydrogen) atoms. The fraction of sp³-hybridized carbons (Fsp3) is 0.0769. The Kier molecular flexibility index (Phi) is 6.28. The molecular formula is C26H23Zr. The molecule has 0 saturated heterocycles. The van der Waals surface area contributed by atoms with Crippen molar-refractivity contribution in [3.8, 4) is 0 Å². The van der Waals surface area contributed by atoms with Gasteiger partial charge in [-0.05, 0) is 32.5 Å². The first kappa shape index (κ1) is 21.3. The standard InChI is InChI=1S/C24H17.2CH3.Zr/c1-24(15-19-8-2-3-9-20(19)16-24)22-12-6-10-18-14-13-17-7-4-5-11-21(17)23(18)22;;;/h2-15H,1H3;2*1H3;/q3*-1;+3. The molecule has 0 aromatic heterocycles. The summed E-state index contributed by atoms with van der Waals surface area (Å²) >= 11 is 0. The Hall–Kier alpha value is -1.98. The van der Waals surface area contributed by atoms with E-state index >= 15 is 0 Å². The van der Waals surface area contributed by atoms with Crippen molar-refractivity contribution in [1.82, 2.24) is 0 Å². The zero-order chi connectivity index (χ0) is 16.1. The Morgan fingerprint density at radius 2 is 1.37 bits per heavy atom. The summed E-state index contributed by atoms with van der Waals surface area (Å²) in [5, 5.41) is 7.72. The zero-order valence-electron chi connectivity index (χ0n) is 16.1. The monoisotopic (exact) mass is 425 g/mol. The van der Waals surface area contributed by atoms with Gasteiger partial charge in [-0.25, -0.2) is 0 Å². The first-order chi connectivity index (χ1) is 11.7. The normalized spacial score (nSPS) is 16.9. The molecule has 0 fully saturated rings. The van der Waals surface area contributed by atoms with Gasteiger partial charge in [-0.15, -0.1) is 23.4 Å². The molecule has 0 amide bonds. The Morgan fingerprint density at radius 3 is 2.19 bits per heavy atom. The van der Waals surface area contributed by atoms with Gasteiger partial charge >= 0.3 is 26.2 Å². The van der Waals surface area contributed by atoms with Crippen LogP contribution in [0, 0.1) is 14.9 Å². The molecule has 0 saturated carbocycles. The summed E-state index contributed by atoms with van der Waals surface area (Å²) in [5.74, 6) is 0. The van der Waals surface area contributed by atoms with E-state index in [-0.39, 0.29) is 46.5 Å². The summed E-state index contributed by atoms with van der Waals surface area (Å²) in [6, 6.07) is 28.2. The van der Waals surface area contributed by atoms with Gasteiger partial charge in [-0.1, -0.05) is 67.6 Å². The second-order valence-corrected chi connectivity index (χ2v) is 6.75. The van der Waals surface area contributed by atoms with Gasteiger partial charge in [-0.3, -0.25) is 0 Å². The van der Waals surface area contributed by atoms with Gasteiger partial charge in [0.05, 0.1) is 0 Å². The van der Waals surface area contributed by atoms with Crippen LogP contribution in [0.2, 0.25) is 0 Å². The largest absolute Gasteiger partial charge is 3.00 e. The Bertz CT molecular complexity index is 1180. The maximum atomic E-state index is 3.73. The molecule has 0 aliphatic heterocycles. The molecule has 1 atom stereocenters. The minimum absolute atomic E-state index is 0. The summed E-state index contributed by atoms with van der Waals surface area (Å²) in [6.45, 7) is 2.27. The second-order valence-electron chi connectivity index (χ2n) is 6.75. The Morgan fingerprint density at radius 1 is 0.704 bits per heavy atom. The smallest absolute Gasteiger partial charge is 0.358 e. The van der Waals surface area contributed by atoms with Crippen LogP contribution in [0.3, 0.4) is 0 Å². The van der Waals surface area contributed by atoms with Gasteiger partial charge in [-0.2, -0.15) is 17.4 Å². The number of hydrogen-bond acceptors (Lipinski definition) is 0. The maximum absolute atomic E-state index is 3.73. The van der Waals surface area contributed by atoms with Crippen LogP contribution in [0.5, 0.6) is 0 Å². The maximum Gasteiger partial charge on any atom is 3.00 e. The van der Waals surface area contributed by atoms with E-state index in [9.17, 15) is 0 Å². The van der Waals surface area contributed by atoms with E-state index in [0.29, 0.717) is 0 Å². The van der Waals surface area contributed by atoms with Crippen LogP contribution in [0.1, 0.15) is 12.5 Å². The van der Waals surface area contributed by atoms with Crippen molar-refractivity contribution in [1.29, 1.82) is 0 Å². The molecule has 1 aliphatic rings. The first-order valence-corrected chi connectivity index (χ1v) is 8.39. The average molecular weight is 427 g/mol. The molecule has 0 bridgehead atoms. The van der Waals surface area contributed by atoms with Crippen LogP contribution in [0.15, 0.2) is 78.9 Å². The number of benzene rings is 4. The number of fused-ring (bicyclic) bond motifs is 4. The quantitative estimate of drug-likeness (QED) is 0.286. The molecule has 0 nitrogen and oxygen atoms in total. The van der Waals surface area contributed by atoms with Crippen molar-refractivity contribution < 1.29 is 26.2 Å². The summed E-state index contributed by atoms with van der Waals surface area (Å²) in [5.41, 5.74) is 1.13. The van der Waals surface area contributed by atoms with Crippen molar-refractivity contribution in [2.45, 2.75) is 12.3 Å². The average Bonchev–Trinajstić information content (AvgIpc) is 2.98. The third-order valence-corrected chi connectivity index (χ3v) is 5.13. The van der Waals surface area contributed by atoms with E-state index in [1.54, 1.807) is 0 Å². The minimum Gasteiger partial charge on any atom is -0.358 e. The molecule has 1 heteroatoms. The van der Waals surface area contributed by atoms with Gasteiger partial charge in [0, 0.05) is 0 Å². The van der Waals surface area contributed by atoms with Crippen molar-refractivity contribution in [2.75, 3.05) is 0 Å². The van der Waals surface area contributed by atoms with Crippen LogP contribution in [-0.2, 0) is 31.6 Å². The minimum atomic E-state index is -0.201. The fourth-order valence-electron chi connectivity index (χ4n) is 4.00. The SMILES string of the molecule is CC1(c2cccc3ccc4ccccc4c23)[C-]=c2ccccc2=C1.[CH3-].[CH3-].[Zr+3]. The summed E-state index contributed by atoms with van der Waals surface area (Å²) in [4.78, 5) is 0. The van der Waals surface area contributed by atoms with E-state index in [1.807, 2.05) is 0 Å². The second kappa shape index (κ2) is 7.95. The van der Waals surface area contributed by atoms with Gasteiger partial charge in [0.1, 0.15) is 0 Å². The van der Waals surface area contributed by atoms with Gasteiger partial charge in [0.2, 0.25) is 0 Å². The van der Waals surface area contributed by atoms with Gasteiger partial charge in [0.15, 0.2) is 0 Å². The first-order valence-electron chi connectivity index (χ1n) is 8.39. The Balaban J connectivity index is 0.000000871. The molecule has 1 aliphatic carbocycles. The predicted octanol–water partition coefficient (Wildman–Crippen LogP) is 5.30. The van der Waals surface area contributed by atoms with E-state index in [1.165, 1.54) is 37.5 Å². The molecule has 0 spiro atoms. The molecular weight excluding hydrogens is 404 g/mol. The van der Waals surface area contributed by atoms with Crippen LogP contribution < -0.4 is 10.4 Å². The molecule has 1 radical (unpaired) electrons. The molecule has 131 valence electrons. The van der Waals surface area contributed by atoms with E-state index < -0.39 is 0 Å². The van der Waals surface area contributed by atoms with Gasteiger partial charge in [0.25, 0.3) is 0 Å². The van der Waals surface area contributed by atoms with Crippen molar-refractivity contribution in [2.24, 2.45) is 0 Å². The van der Waals surface area contributed by atoms with Crippen LogP contribution >= 0.6 is 0 Å². The van der Waals surface area contributed by atoms with Gasteiger partial charge < -0.3 is 14.9 Å². The molecule has 5 rings (SSSR count). The zero-order valence-corrected chi connectivity index (χ0v) is 18.5. The topological polar surface area (TPSA) is 0 Å². The Labute approximate surface area is 181 Å². The van der Waals surface area contributed by atoms with E-state index in [4.69, 9.17) is 0 Å². The third kappa shape index (κ3) is 3.34. The van der Waals surface area contributed by atoms with E-state index in [0.717, 1.165) is 0 Å². The third-order valence-electron chi connectivity index (χ3n) is 5.13. The molecule has 4 aromatic rings.